The first-order valence-electron chi connectivity index (χ1n) is 11.0. The van der Waals surface area contributed by atoms with Crippen LogP contribution >= 0.6 is 0 Å². The Bertz CT molecular complexity index is 737. The van der Waals surface area contributed by atoms with Gasteiger partial charge < -0.3 is 10.2 Å². The average molecular weight is 387 g/mol. The second kappa shape index (κ2) is 6.83. The van der Waals surface area contributed by atoms with E-state index in [2.05, 4.69) is 32.9 Å². The highest BCUT2D eigenvalue weighted by molar-refractivity contribution is 5.92. The number of aliphatic hydroxyl groups is 1. The molecule has 0 radical (unpaired) electrons. The van der Waals surface area contributed by atoms with Gasteiger partial charge in [0.05, 0.1) is 6.10 Å². The van der Waals surface area contributed by atoms with Crippen molar-refractivity contribution in [2.45, 2.75) is 71.8 Å². The van der Waals surface area contributed by atoms with Gasteiger partial charge in [0.15, 0.2) is 5.78 Å². The number of hydrogen-bond acceptors (Lipinski definition) is 3. The number of carbonyl (C=O) groups is 2. The molecule has 2 fully saturated rings. The van der Waals surface area contributed by atoms with Crippen LogP contribution in [0.1, 0.15) is 65.7 Å². The monoisotopic (exact) mass is 386 g/mol. The lowest BCUT2D eigenvalue weighted by atomic mass is 9.47. The first-order valence-corrected chi connectivity index (χ1v) is 11.0. The molecule has 4 heteroatoms. The van der Waals surface area contributed by atoms with Crippen molar-refractivity contribution in [3.8, 4) is 0 Å². The third-order valence-electron chi connectivity index (χ3n) is 9.19. The first-order chi connectivity index (χ1) is 13.2. The summed E-state index contributed by atoms with van der Waals surface area (Å²) in [5, 5.41) is 20.5. The van der Waals surface area contributed by atoms with E-state index in [1.807, 2.05) is 6.08 Å². The molecule has 154 valence electrons. The fourth-order valence-electron chi connectivity index (χ4n) is 7.48. The molecule has 4 rings (SSSR count). The van der Waals surface area contributed by atoms with Crippen molar-refractivity contribution >= 4 is 11.8 Å². The van der Waals surface area contributed by atoms with E-state index in [1.165, 1.54) is 0 Å². The topological polar surface area (TPSA) is 74.6 Å². The predicted octanol–water partition coefficient (Wildman–Crippen LogP) is 4.38. The molecule has 0 spiro atoms. The third kappa shape index (κ3) is 2.82. The van der Waals surface area contributed by atoms with Gasteiger partial charge in [-0.05, 0) is 84.2 Å². The summed E-state index contributed by atoms with van der Waals surface area (Å²) < 4.78 is 0. The second-order valence-corrected chi connectivity index (χ2v) is 10.3. The van der Waals surface area contributed by atoms with Gasteiger partial charge in [0, 0.05) is 12.8 Å². The Labute approximate surface area is 168 Å². The normalized spacial score (nSPS) is 45.6. The number of allylic oxidation sites excluding steroid dienone is 4. The number of rotatable bonds is 4. The highest BCUT2D eigenvalue weighted by atomic mass is 16.4. The number of aliphatic hydroxyl groups excluding tert-OH is 1. The quantitative estimate of drug-likeness (QED) is 0.752. The van der Waals surface area contributed by atoms with Crippen molar-refractivity contribution in [1.29, 1.82) is 0 Å². The van der Waals surface area contributed by atoms with Crippen LogP contribution in [-0.2, 0) is 9.59 Å². The van der Waals surface area contributed by atoms with Gasteiger partial charge in [-0.2, -0.15) is 0 Å². The van der Waals surface area contributed by atoms with E-state index in [0.717, 1.165) is 31.3 Å². The van der Waals surface area contributed by atoms with Gasteiger partial charge >= 0.3 is 5.97 Å². The maximum atomic E-state index is 11.9. The molecule has 0 heterocycles. The highest BCUT2D eigenvalue weighted by Crippen LogP contribution is 2.66. The Morgan fingerprint density at radius 1 is 1.29 bits per heavy atom. The van der Waals surface area contributed by atoms with E-state index in [9.17, 15) is 14.7 Å². The van der Waals surface area contributed by atoms with E-state index in [1.54, 1.807) is 0 Å². The average Bonchev–Trinajstić information content (AvgIpc) is 3.00. The van der Waals surface area contributed by atoms with Gasteiger partial charge in [-0.25, -0.2) is 0 Å². The van der Waals surface area contributed by atoms with Crippen molar-refractivity contribution in [3.63, 3.8) is 0 Å². The molecule has 0 aromatic carbocycles. The summed E-state index contributed by atoms with van der Waals surface area (Å²) in [6, 6.07) is 0. The first kappa shape index (κ1) is 19.9. The summed E-state index contributed by atoms with van der Waals surface area (Å²) in [4.78, 5) is 23.0. The fraction of sp³-hybridized carbons (Fsp3) is 0.750. The summed E-state index contributed by atoms with van der Waals surface area (Å²) in [5.74, 6) is 1.45. The molecule has 4 nitrogen and oxygen atoms in total. The molecular weight excluding hydrogens is 352 g/mol. The van der Waals surface area contributed by atoms with Crippen LogP contribution < -0.4 is 0 Å². The Kier molecular flexibility index (Phi) is 4.85. The molecule has 0 amide bonds. The van der Waals surface area contributed by atoms with E-state index in [4.69, 9.17) is 5.11 Å². The molecule has 4 aliphatic rings. The lowest BCUT2D eigenvalue weighted by Crippen LogP contribution is -2.55. The minimum absolute atomic E-state index is 0.0113. The summed E-state index contributed by atoms with van der Waals surface area (Å²) >= 11 is 0. The largest absolute Gasteiger partial charge is 0.481 e. The lowest BCUT2D eigenvalue weighted by Gasteiger charge is -2.58. The van der Waals surface area contributed by atoms with E-state index in [-0.39, 0.29) is 29.1 Å². The third-order valence-corrected chi connectivity index (χ3v) is 9.19. The van der Waals surface area contributed by atoms with Gasteiger partial charge in [0.25, 0.3) is 0 Å². The van der Waals surface area contributed by atoms with Crippen molar-refractivity contribution in [1.82, 2.24) is 0 Å². The van der Waals surface area contributed by atoms with E-state index in [0.29, 0.717) is 42.4 Å². The number of carbonyl (C=O) groups excluding carboxylic acids is 1. The predicted molar refractivity (Wildman–Crippen MR) is 108 cm³/mol. The Morgan fingerprint density at radius 2 is 2.04 bits per heavy atom. The lowest BCUT2D eigenvalue weighted by molar-refractivity contribution is -0.138. The van der Waals surface area contributed by atoms with Crippen LogP contribution in [0.4, 0.5) is 0 Å². The van der Waals surface area contributed by atoms with Gasteiger partial charge in [0.1, 0.15) is 0 Å². The number of aliphatic carboxylic acids is 1. The Morgan fingerprint density at radius 3 is 2.75 bits per heavy atom. The summed E-state index contributed by atoms with van der Waals surface area (Å²) in [6.45, 7) is 6.73. The second-order valence-electron chi connectivity index (χ2n) is 10.3. The van der Waals surface area contributed by atoms with Crippen molar-refractivity contribution < 1.29 is 19.8 Å². The van der Waals surface area contributed by atoms with E-state index < -0.39 is 5.97 Å². The summed E-state index contributed by atoms with van der Waals surface area (Å²) in [5.41, 5.74) is 0.999. The molecule has 2 N–H and O–H groups in total. The maximum Gasteiger partial charge on any atom is 0.303 e. The van der Waals surface area contributed by atoms with Crippen molar-refractivity contribution in [3.05, 3.63) is 23.8 Å². The summed E-state index contributed by atoms with van der Waals surface area (Å²) in [6.07, 6.45) is 11.4. The fourth-order valence-corrected chi connectivity index (χ4v) is 7.48. The van der Waals surface area contributed by atoms with Crippen LogP contribution in [-0.4, -0.2) is 28.1 Å². The zero-order chi connectivity index (χ0) is 20.3. The van der Waals surface area contributed by atoms with Crippen LogP contribution in [0.5, 0.6) is 0 Å². The molecule has 0 aliphatic heterocycles. The van der Waals surface area contributed by atoms with Crippen LogP contribution in [0.15, 0.2) is 23.8 Å². The van der Waals surface area contributed by atoms with E-state index >= 15 is 0 Å². The van der Waals surface area contributed by atoms with Crippen molar-refractivity contribution in [2.24, 2.45) is 40.4 Å². The minimum atomic E-state index is -0.731. The standard InChI is InChI=1S/C24H34O4/c1-14(4-9-22(27)28)18-7-8-19-17-6-5-15-12-16(25)10-11-23(15,2)20(17)13-21(26)24(18,19)3/h5-6,12,14,17-21,26H,4,7-11,13H2,1-3H3,(H,27,28)/t14-,17+,18-,19+,20+,21+,23+,24-/m1/s1. The number of carboxylic acids is 1. The van der Waals surface area contributed by atoms with Crippen LogP contribution in [0, 0.1) is 40.4 Å². The molecule has 0 unspecified atom stereocenters. The molecule has 0 aromatic heterocycles. The zero-order valence-electron chi connectivity index (χ0n) is 17.4. The van der Waals surface area contributed by atoms with Crippen LogP contribution in [0.2, 0.25) is 0 Å². The van der Waals surface area contributed by atoms with Gasteiger partial charge in [-0.3, -0.25) is 9.59 Å². The minimum Gasteiger partial charge on any atom is -0.481 e. The van der Waals surface area contributed by atoms with Crippen LogP contribution in [0.25, 0.3) is 0 Å². The number of ketones is 1. The van der Waals surface area contributed by atoms with Gasteiger partial charge in [0.2, 0.25) is 0 Å². The van der Waals surface area contributed by atoms with Gasteiger partial charge in [-0.1, -0.05) is 32.9 Å². The molecule has 8 atom stereocenters. The number of fused-ring (bicyclic) bond motifs is 5. The highest BCUT2D eigenvalue weighted by Gasteiger charge is 2.62. The molecule has 28 heavy (non-hydrogen) atoms. The number of carboxylic acid groups (broad SMARTS) is 1. The molecule has 0 saturated heterocycles. The maximum absolute atomic E-state index is 11.9. The Hall–Kier alpha value is -1.42. The molecule has 4 aliphatic carbocycles. The molecule has 0 bridgehead atoms. The SMILES string of the molecule is C[C@H](CCC(=O)O)[C@H]1CC[C@H]2[C@@H]3C=CC4=CC(=O)CC[C@]4(C)[C@H]3C[C@H](O)[C@]12C. The van der Waals surface area contributed by atoms with Crippen molar-refractivity contribution in [2.75, 3.05) is 0 Å². The number of hydrogen-bond donors (Lipinski definition) is 2. The zero-order valence-corrected chi connectivity index (χ0v) is 17.4. The molecule has 2 saturated carbocycles. The van der Waals surface area contributed by atoms with Crippen LogP contribution in [0.3, 0.4) is 0 Å². The van der Waals surface area contributed by atoms with Gasteiger partial charge in [-0.15, -0.1) is 0 Å². The molecular formula is C24H34O4. The Balaban J connectivity index is 1.64. The molecule has 0 aromatic rings. The summed E-state index contributed by atoms with van der Waals surface area (Å²) in [7, 11) is 0. The smallest absolute Gasteiger partial charge is 0.303 e.